The van der Waals surface area contributed by atoms with Gasteiger partial charge in [-0.1, -0.05) is 12.1 Å². The zero-order valence-corrected chi connectivity index (χ0v) is 10.6. The minimum absolute atomic E-state index is 0.00671. The van der Waals surface area contributed by atoms with Crippen LogP contribution in [0.2, 0.25) is 0 Å². The number of nitrogens with one attached hydrogen (secondary N) is 1. The van der Waals surface area contributed by atoms with Crippen LogP contribution in [0.4, 0.5) is 4.39 Å². The lowest BCUT2D eigenvalue weighted by molar-refractivity contribution is -0.116. The lowest BCUT2D eigenvalue weighted by atomic mass is 10.2. The molecule has 0 saturated heterocycles. The Hall–Kier alpha value is -1.72. The van der Waals surface area contributed by atoms with Gasteiger partial charge in [0.05, 0.1) is 13.2 Å². The van der Waals surface area contributed by atoms with Gasteiger partial charge in [0, 0.05) is 19.2 Å². The number of aliphatic hydroxyl groups excluding tert-OH is 1. The van der Waals surface area contributed by atoms with Crippen molar-refractivity contribution in [3.8, 4) is 0 Å². The molecule has 5 heteroatoms. The summed E-state index contributed by atoms with van der Waals surface area (Å²) >= 11 is 0. The van der Waals surface area contributed by atoms with Crippen molar-refractivity contribution in [1.29, 1.82) is 0 Å². The Balaban J connectivity index is 2.18. The summed E-state index contributed by atoms with van der Waals surface area (Å²) in [6, 6.07) is 5.88. The van der Waals surface area contributed by atoms with E-state index in [0.29, 0.717) is 26.2 Å². The molecule has 0 bridgehead atoms. The number of rotatable bonds is 8. The van der Waals surface area contributed by atoms with Crippen LogP contribution >= 0.6 is 0 Å². The Morgan fingerprint density at radius 2 is 2.05 bits per heavy atom. The first-order chi connectivity index (χ1) is 9.22. The Morgan fingerprint density at radius 3 is 2.74 bits per heavy atom. The number of benzene rings is 1. The average molecular weight is 267 g/mol. The van der Waals surface area contributed by atoms with Crippen molar-refractivity contribution in [3.63, 3.8) is 0 Å². The molecule has 0 aliphatic carbocycles. The molecule has 1 aromatic carbocycles. The summed E-state index contributed by atoms with van der Waals surface area (Å²) in [6.07, 6.45) is 3.72. The largest absolute Gasteiger partial charge is 0.394 e. The highest BCUT2D eigenvalue weighted by Crippen LogP contribution is 2.04. The normalized spacial score (nSPS) is 10.8. The van der Waals surface area contributed by atoms with Gasteiger partial charge in [0.25, 0.3) is 0 Å². The van der Waals surface area contributed by atoms with E-state index in [9.17, 15) is 9.18 Å². The lowest BCUT2D eigenvalue weighted by Crippen LogP contribution is -2.23. The second kappa shape index (κ2) is 9.24. The van der Waals surface area contributed by atoms with E-state index in [1.807, 2.05) is 0 Å². The third-order valence-corrected chi connectivity index (χ3v) is 2.30. The highest BCUT2D eigenvalue weighted by atomic mass is 19.1. The number of hydrogen-bond acceptors (Lipinski definition) is 3. The number of amides is 1. The standard InChI is InChI=1S/C14H18FNO3/c15-13-5-2-12(3-6-13)4-7-14(18)16-8-1-10-19-11-9-17/h2-7,17H,1,8-11H2,(H,16,18)/b7-4+. The molecule has 1 amide bonds. The van der Waals surface area contributed by atoms with Crippen molar-refractivity contribution in [2.45, 2.75) is 6.42 Å². The first-order valence-electron chi connectivity index (χ1n) is 6.12. The minimum atomic E-state index is -0.301. The molecule has 0 fully saturated rings. The molecule has 2 N–H and O–H groups in total. The number of ether oxygens (including phenoxy) is 1. The molecule has 104 valence electrons. The molecule has 0 aliphatic heterocycles. The van der Waals surface area contributed by atoms with Crippen molar-refractivity contribution in [3.05, 3.63) is 41.7 Å². The molecule has 0 atom stereocenters. The first kappa shape index (κ1) is 15.3. The number of carbonyl (C=O) groups is 1. The molecule has 0 aromatic heterocycles. The SMILES string of the molecule is O=C(/C=C/c1ccc(F)cc1)NCCCOCCO. The third kappa shape index (κ3) is 7.33. The van der Waals surface area contributed by atoms with Crippen molar-refractivity contribution in [2.24, 2.45) is 0 Å². The molecule has 0 heterocycles. The number of aliphatic hydroxyl groups is 1. The first-order valence-corrected chi connectivity index (χ1v) is 6.12. The van der Waals surface area contributed by atoms with E-state index in [0.717, 1.165) is 5.56 Å². The summed E-state index contributed by atoms with van der Waals surface area (Å²) in [7, 11) is 0. The minimum Gasteiger partial charge on any atom is -0.394 e. The third-order valence-electron chi connectivity index (χ3n) is 2.30. The van der Waals surface area contributed by atoms with Crippen molar-refractivity contribution in [2.75, 3.05) is 26.4 Å². The maximum Gasteiger partial charge on any atom is 0.244 e. The molecule has 4 nitrogen and oxygen atoms in total. The molecule has 19 heavy (non-hydrogen) atoms. The van der Waals surface area contributed by atoms with Gasteiger partial charge in [0.1, 0.15) is 5.82 Å². The predicted octanol–water partition coefficient (Wildman–Crippen LogP) is 1.35. The maximum absolute atomic E-state index is 12.6. The van der Waals surface area contributed by atoms with E-state index in [1.54, 1.807) is 18.2 Å². The number of halogens is 1. The molecule has 0 spiro atoms. The van der Waals surface area contributed by atoms with Gasteiger partial charge in [-0.3, -0.25) is 4.79 Å². The fraction of sp³-hybridized carbons (Fsp3) is 0.357. The zero-order chi connectivity index (χ0) is 13.9. The lowest BCUT2D eigenvalue weighted by Gasteiger charge is -2.03. The van der Waals surface area contributed by atoms with Gasteiger partial charge in [0.15, 0.2) is 0 Å². The highest BCUT2D eigenvalue weighted by molar-refractivity contribution is 5.91. The predicted molar refractivity (Wildman–Crippen MR) is 71.0 cm³/mol. The number of hydrogen-bond donors (Lipinski definition) is 2. The van der Waals surface area contributed by atoms with Gasteiger partial charge in [-0.25, -0.2) is 4.39 Å². The molecule has 1 rings (SSSR count). The zero-order valence-electron chi connectivity index (χ0n) is 10.6. The molecule has 1 aromatic rings. The van der Waals surface area contributed by atoms with E-state index in [4.69, 9.17) is 9.84 Å². The summed E-state index contributed by atoms with van der Waals surface area (Å²) in [5.74, 6) is -0.504. The van der Waals surface area contributed by atoms with Crippen LogP contribution in [0.25, 0.3) is 6.08 Å². The van der Waals surface area contributed by atoms with Gasteiger partial charge in [-0.05, 0) is 30.2 Å². The van der Waals surface area contributed by atoms with Crippen LogP contribution in [0.15, 0.2) is 30.3 Å². The number of carbonyl (C=O) groups excluding carboxylic acids is 1. The Kier molecular flexibility index (Phi) is 7.46. The smallest absolute Gasteiger partial charge is 0.244 e. The topological polar surface area (TPSA) is 58.6 Å². The molecule has 0 unspecified atom stereocenters. The monoisotopic (exact) mass is 267 g/mol. The van der Waals surface area contributed by atoms with Crippen LogP contribution in [0, 0.1) is 5.82 Å². The fourth-order valence-electron chi connectivity index (χ4n) is 1.36. The van der Waals surface area contributed by atoms with E-state index in [-0.39, 0.29) is 18.3 Å². The summed E-state index contributed by atoms with van der Waals surface area (Å²) in [6.45, 7) is 1.34. The van der Waals surface area contributed by atoms with Gasteiger partial charge < -0.3 is 15.2 Å². The van der Waals surface area contributed by atoms with Gasteiger partial charge in [-0.2, -0.15) is 0 Å². The Morgan fingerprint density at radius 1 is 1.32 bits per heavy atom. The van der Waals surface area contributed by atoms with Gasteiger partial charge in [0.2, 0.25) is 5.91 Å². The quantitative estimate of drug-likeness (QED) is 0.552. The molecule has 0 aliphatic rings. The van der Waals surface area contributed by atoms with E-state index < -0.39 is 0 Å². The van der Waals surface area contributed by atoms with E-state index >= 15 is 0 Å². The van der Waals surface area contributed by atoms with Crippen LogP contribution in [-0.4, -0.2) is 37.4 Å². The Bertz CT molecular complexity index is 404. The van der Waals surface area contributed by atoms with Crippen molar-refractivity contribution < 1.29 is 19.0 Å². The molecular formula is C14H18FNO3. The summed E-state index contributed by atoms with van der Waals surface area (Å²) in [5, 5.41) is 11.2. The van der Waals surface area contributed by atoms with Crippen LogP contribution in [0.1, 0.15) is 12.0 Å². The second-order valence-electron chi connectivity index (χ2n) is 3.87. The van der Waals surface area contributed by atoms with Gasteiger partial charge in [-0.15, -0.1) is 0 Å². The Labute approximate surface area is 111 Å². The van der Waals surface area contributed by atoms with Crippen LogP contribution < -0.4 is 5.32 Å². The van der Waals surface area contributed by atoms with E-state index in [1.165, 1.54) is 18.2 Å². The second-order valence-corrected chi connectivity index (χ2v) is 3.87. The van der Waals surface area contributed by atoms with Crippen LogP contribution in [0.3, 0.4) is 0 Å². The highest BCUT2D eigenvalue weighted by Gasteiger charge is 1.95. The van der Waals surface area contributed by atoms with Crippen LogP contribution in [-0.2, 0) is 9.53 Å². The molecule has 0 saturated carbocycles. The van der Waals surface area contributed by atoms with Crippen LogP contribution in [0.5, 0.6) is 0 Å². The average Bonchev–Trinajstić information content (AvgIpc) is 2.42. The van der Waals surface area contributed by atoms with E-state index in [2.05, 4.69) is 5.32 Å². The fourth-order valence-corrected chi connectivity index (χ4v) is 1.36. The summed E-state index contributed by atoms with van der Waals surface area (Å²) < 4.78 is 17.7. The maximum atomic E-state index is 12.6. The molecular weight excluding hydrogens is 249 g/mol. The van der Waals surface area contributed by atoms with Gasteiger partial charge >= 0.3 is 0 Å². The van der Waals surface area contributed by atoms with Crippen molar-refractivity contribution >= 4 is 12.0 Å². The van der Waals surface area contributed by atoms with Crippen molar-refractivity contribution in [1.82, 2.24) is 5.32 Å². The summed E-state index contributed by atoms with van der Waals surface area (Å²) in [5.41, 5.74) is 0.767. The summed E-state index contributed by atoms with van der Waals surface area (Å²) in [4.78, 5) is 11.4. The molecule has 0 radical (unpaired) electrons.